The van der Waals surface area contributed by atoms with Gasteiger partial charge in [0.1, 0.15) is 17.4 Å². The van der Waals surface area contributed by atoms with Crippen LogP contribution in [0.15, 0.2) is 18.2 Å². The molecule has 0 unspecified atom stereocenters. The predicted molar refractivity (Wildman–Crippen MR) is 104 cm³/mol. The van der Waals surface area contributed by atoms with E-state index in [0.29, 0.717) is 0 Å². The summed E-state index contributed by atoms with van der Waals surface area (Å²) in [7, 11) is -0.915. The molecular formula is C17H26BN3O8. The van der Waals surface area contributed by atoms with Gasteiger partial charge in [0.25, 0.3) is 5.91 Å². The summed E-state index contributed by atoms with van der Waals surface area (Å²) >= 11 is 0. The summed E-state index contributed by atoms with van der Waals surface area (Å²) in [4.78, 5) is 36.1. The number of alkyl carbamates (subject to hydrolysis) is 1. The molecular weight excluding hydrogens is 385 g/mol. The van der Waals surface area contributed by atoms with Gasteiger partial charge < -0.3 is 40.5 Å². The SMILES string of the molecule is COC(=O)[C@H](CCNC(=O)c1cccc(OB(O)O)c1N)NC(=O)OC(C)(C)C. The third-order valence-electron chi connectivity index (χ3n) is 3.44. The van der Waals surface area contributed by atoms with E-state index in [4.69, 9.17) is 25.2 Å². The first-order chi connectivity index (χ1) is 13.4. The fourth-order valence-electron chi connectivity index (χ4n) is 2.22. The number of ether oxygens (including phenoxy) is 2. The Labute approximate surface area is 168 Å². The zero-order chi connectivity index (χ0) is 22.2. The highest BCUT2D eigenvalue weighted by atomic mass is 16.6. The zero-order valence-corrected chi connectivity index (χ0v) is 16.7. The van der Waals surface area contributed by atoms with E-state index in [0.717, 1.165) is 0 Å². The van der Waals surface area contributed by atoms with Crippen molar-refractivity contribution in [1.82, 2.24) is 10.6 Å². The first kappa shape index (κ1) is 24.1. The van der Waals surface area contributed by atoms with E-state index in [2.05, 4.69) is 15.4 Å². The van der Waals surface area contributed by atoms with E-state index in [1.807, 2.05) is 0 Å². The zero-order valence-electron chi connectivity index (χ0n) is 16.7. The van der Waals surface area contributed by atoms with Crippen LogP contribution in [-0.4, -0.2) is 60.6 Å². The third kappa shape index (κ3) is 8.28. The Bertz CT molecular complexity index is 736. The first-order valence-electron chi connectivity index (χ1n) is 8.71. The van der Waals surface area contributed by atoms with Crippen LogP contribution in [0.2, 0.25) is 0 Å². The maximum Gasteiger partial charge on any atom is 0.707 e. The second kappa shape index (κ2) is 10.5. The molecule has 0 fully saturated rings. The molecule has 0 aliphatic heterocycles. The maximum atomic E-state index is 12.3. The van der Waals surface area contributed by atoms with Gasteiger partial charge in [-0.15, -0.1) is 0 Å². The first-order valence-corrected chi connectivity index (χ1v) is 8.71. The van der Waals surface area contributed by atoms with Crippen LogP contribution >= 0.6 is 0 Å². The number of carbonyl (C=O) groups is 3. The summed E-state index contributed by atoms with van der Waals surface area (Å²) in [6, 6.07) is 3.19. The normalized spacial score (nSPS) is 11.8. The molecule has 11 nitrogen and oxygen atoms in total. The number of anilines is 1. The van der Waals surface area contributed by atoms with E-state index >= 15 is 0 Å². The largest absolute Gasteiger partial charge is 0.707 e. The molecule has 0 aromatic heterocycles. The molecule has 0 saturated carbocycles. The minimum absolute atomic E-state index is 0.00154. The molecule has 0 spiro atoms. The number of esters is 1. The van der Waals surface area contributed by atoms with Crippen LogP contribution in [0.3, 0.4) is 0 Å². The van der Waals surface area contributed by atoms with Crippen LogP contribution in [-0.2, 0) is 14.3 Å². The van der Waals surface area contributed by atoms with Crippen LogP contribution in [0.1, 0.15) is 37.6 Å². The van der Waals surface area contributed by atoms with E-state index < -0.39 is 36.9 Å². The highest BCUT2D eigenvalue weighted by Crippen LogP contribution is 2.25. The Balaban J connectivity index is 2.71. The highest BCUT2D eigenvalue weighted by molar-refractivity contribution is 6.34. The molecule has 1 rings (SSSR count). The Kier molecular flexibility index (Phi) is 8.73. The van der Waals surface area contributed by atoms with Gasteiger partial charge in [-0.2, -0.15) is 0 Å². The average Bonchev–Trinajstić information content (AvgIpc) is 2.59. The number of hydrogen-bond donors (Lipinski definition) is 5. The van der Waals surface area contributed by atoms with Crippen LogP contribution in [0.25, 0.3) is 0 Å². The van der Waals surface area contributed by atoms with Gasteiger partial charge >= 0.3 is 19.4 Å². The van der Waals surface area contributed by atoms with Gasteiger partial charge in [-0.05, 0) is 39.3 Å². The third-order valence-corrected chi connectivity index (χ3v) is 3.44. The van der Waals surface area contributed by atoms with Gasteiger partial charge in [-0.1, -0.05) is 6.07 Å². The number of nitrogens with two attached hydrogens (primary N) is 1. The molecule has 6 N–H and O–H groups in total. The summed E-state index contributed by atoms with van der Waals surface area (Å²) in [6.07, 6.45) is -0.765. The molecule has 2 amide bonds. The molecule has 1 aromatic rings. The van der Waals surface area contributed by atoms with E-state index in [1.165, 1.54) is 25.3 Å². The maximum absolute atomic E-state index is 12.3. The van der Waals surface area contributed by atoms with Crippen molar-refractivity contribution >= 4 is 31.0 Å². The van der Waals surface area contributed by atoms with Gasteiger partial charge in [-0.3, -0.25) is 4.79 Å². The minimum atomic E-state index is -2.09. The van der Waals surface area contributed by atoms with Crippen LogP contribution < -0.4 is 21.0 Å². The standard InChI is InChI=1S/C17H26BN3O8/c1-17(2,3)28-16(24)21-11(15(23)27-4)8-9-20-14(22)10-6-5-7-12(13(10)19)29-18(25)26/h5-7,11,25-26H,8-9,19H2,1-4H3,(H,20,22)(H,21,24)/t11-/m0/s1. The van der Waals surface area contributed by atoms with Crippen molar-refractivity contribution in [3.8, 4) is 5.75 Å². The molecule has 160 valence electrons. The second-order valence-electron chi connectivity index (χ2n) is 6.93. The number of hydrogen-bond acceptors (Lipinski definition) is 9. The molecule has 29 heavy (non-hydrogen) atoms. The van der Waals surface area contributed by atoms with E-state index in [-0.39, 0.29) is 30.0 Å². The van der Waals surface area contributed by atoms with Gasteiger partial charge in [0, 0.05) is 6.54 Å². The molecule has 1 atom stereocenters. The minimum Gasteiger partial charge on any atom is -0.510 e. The topological polar surface area (TPSA) is 169 Å². The average molecular weight is 411 g/mol. The molecule has 0 aliphatic carbocycles. The number of rotatable bonds is 8. The quantitative estimate of drug-likeness (QED) is 0.221. The van der Waals surface area contributed by atoms with Crippen molar-refractivity contribution in [3.05, 3.63) is 23.8 Å². The van der Waals surface area contributed by atoms with Crippen molar-refractivity contribution in [1.29, 1.82) is 0 Å². The summed E-state index contributed by atoms with van der Waals surface area (Å²) in [5.74, 6) is -1.36. The summed E-state index contributed by atoms with van der Waals surface area (Å²) in [6.45, 7) is 5.04. The summed E-state index contributed by atoms with van der Waals surface area (Å²) < 4.78 is 14.4. The summed E-state index contributed by atoms with van der Waals surface area (Å²) in [5, 5.41) is 22.7. The number of nitrogens with one attached hydrogen (secondary N) is 2. The molecule has 0 bridgehead atoms. The number of carbonyl (C=O) groups excluding carboxylic acids is 3. The van der Waals surface area contributed by atoms with E-state index in [1.54, 1.807) is 20.8 Å². The summed E-state index contributed by atoms with van der Waals surface area (Å²) in [5.41, 5.74) is 5.01. The fraction of sp³-hybridized carbons (Fsp3) is 0.471. The number of para-hydroxylation sites is 1. The number of nitrogen functional groups attached to an aromatic ring is 1. The number of methoxy groups -OCH3 is 1. The van der Waals surface area contributed by atoms with Crippen molar-refractivity contribution < 1.29 is 38.6 Å². The van der Waals surface area contributed by atoms with Gasteiger partial charge in [-0.25, -0.2) is 9.59 Å². The van der Waals surface area contributed by atoms with Crippen LogP contribution in [0, 0.1) is 0 Å². The van der Waals surface area contributed by atoms with Crippen LogP contribution in [0.4, 0.5) is 10.5 Å². The smallest absolute Gasteiger partial charge is 0.510 e. The number of benzene rings is 1. The monoisotopic (exact) mass is 411 g/mol. The lowest BCUT2D eigenvalue weighted by Gasteiger charge is -2.22. The Morgan fingerprint density at radius 1 is 1.24 bits per heavy atom. The molecule has 12 heteroatoms. The van der Waals surface area contributed by atoms with Gasteiger partial charge in [0.05, 0.1) is 18.4 Å². The van der Waals surface area contributed by atoms with Crippen molar-refractivity contribution in [2.75, 3.05) is 19.4 Å². The highest BCUT2D eigenvalue weighted by Gasteiger charge is 2.25. The molecule has 0 radical (unpaired) electrons. The fourth-order valence-corrected chi connectivity index (χ4v) is 2.22. The van der Waals surface area contributed by atoms with Gasteiger partial charge in [0.15, 0.2) is 0 Å². The molecule has 0 saturated heterocycles. The molecule has 0 heterocycles. The predicted octanol–water partition coefficient (Wildman–Crippen LogP) is -0.197. The molecule has 1 aromatic carbocycles. The Morgan fingerprint density at radius 3 is 2.45 bits per heavy atom. The van der Waals surface area contributed by atoms with Crippen molar-refractivity contribution in [2.45, 2.75) is 38.8 Å². The lowest BCUT2D eigenvalue weighted by atomic mass is 10.1. The Morgan fingerprint density at radius 2 is 1.90 bits per heavy atom. The second-order valence-corrected chi connectivity index (χ2v) is 6.93. The van der Waals surface area contributed by atoms with Gasteiger partial charge in [0.2, 0.25) is 0 Å². The van der Waals surface area contributed by atoms with Crippen molar-refractivity contribution in [3.63, 3.8) is 0 Å². The lowest BCUT2D eigenvalue weighted by Crippen LogP contribution is -2.45. The van der Waals surface area contributed by atoms with E-state index in [9.17, 15) is 14.4 Å². The number of amides is 2. The molecule has 0 aliphatic rings. The van der Waals surface area contributed by atoms with Crippen LogP contribution in [0.5, 0.6) is 5.75 Å². The Hall–Kier alpha value is -2.99. The van der Waals surface area contributed by atoms with Crippen molar-refractivity contribution in [2.24, 2.45) is 0 Å². The lowest BCUT2D eigenvalue weighted by molar-refractivity contribution is -0.143.